The second-order valence-corrected chi connectivity index (χ2v) is 3.72. The monoisotopic (exact) mass is 387 g/mol. The summed E-state index contributed by atoms with van der Waals surface area (Å²) < 4.78 is 117. The van der Waals surface area contributed by atoms with Gasteiger partial charge in [0.2, 0.25) is 0 Å². The summed E-state index contributed by atoms with van der Waals surface area (Å²) in [6.45, 7) is 2.02. The molecule has 0 N–H and O–H groups in total. The summed E-state index contributed by atoms with van der Waals surface area (Å²) in [6.07, 6.45) is 0. The number of benzene rings is 1. The van der Waals surface area contributed by atoms with E-state index in [-0.39, 0.29) is 0 Å². The molecule has 16 heteroatoms. The lowest BCUT2D eigenvalue weighted by Crippen LogP contribution is -2.02. The van der Waals surface area contributed by atoms with Crippen LogP contribution in [0, 0.1) is 6.92 Å². The first kappa shape index (κ1) is 26.7. The van der Waals surface area contributed by atoms with Crippen molar-refractivity contribution in [2.45, 2.75) is 6.92 Å². The number of hydrogen-bond acceptors (Lipinski definition) is 0. The number of halogens is 13. The Morgan fingerprint density at radius 2 is 0.913 bits per heavy atom. The topological polar surface area (TPSA) is 0 Å². The number of rotatable bonds is 0. The van der Waals surface area contributed by atoms with Gasteiger partial charge in [-0.25, -0.2) is 0 Å². The summed E-state index contributed by atoms with van der Waals surface area (Å²) >= 11 is 5.64. The van der Waals surface area contributed by atoms with Crippen LogP contribution in [0.25, 0.3) is 0 Å². The highest BCUT2D eigenvalue weighted by molar-refractivity contribution is 6.50. The molecule has 138 valence electrons. The van der Waals surface area contributed by atoms with Gasteiger partial charge in [0.05, 0.1) is 0 Å². The minimum absolute atomic E-state index is 0.810. The molecule has 0 aliphatic rings. The molecule has 0 atom stereocenters. The molecule has 0 fully saturated rings. The van der Waals surface area contributed by atoms with Crippen LogP contribution in [0.4, 0.5) is 51.8 Å². The van der Waals surface area contributed by atoms with E-state index in [4.69, 9.17) is 11.6 Å². The molecule has 0 amide bonds. The first-order chi connectivity index (χ1) is 9.79. The second kappa shape index (κ2) is 11.4. The summed E-state index contributed by atoms with van der Waals surface area (Å²) in [5.74, 6) is 0. The van der Waals surface area contributed by atoms with E-state index < -0.39 is 21.8 Å². The molecule has 0 radical (unpaired) electrons. The molecule has 0 nitrogen and oxygen atoms in total. The van der Waals surface area contributed by atoms with Crippen LogP contribution in [0.15, 0.2) is 24.3 Å². The minimum Gasteiger partial charge on any atom is -0.418 e. The Labute approximate surface area is 128 Å². The van der Waals surface area contributed by atoms with Crippen LogP contribution < -0.4 is 0 Å². The molecule has 0 unspecified atom stereocenters. The maximum absolute atomic E-state index is 9.75. The lowest BCUT2D eigenvalue weighted by molar-refractivity contribution is 0.366. The van der Waals surface area contributed by atoms with E-state index in [9.17, 15) is 51.8 Å². The van der Waals surface area contributed by atoms with Gasteiger partial charge in [0.15, 0.2) is 0 Å². The summed E-state index contributed by atoms with van der Waals surface area (Å²) in [5, 5.41) is 0.810. The van der Waals surface area contributed by atoms with E-state index in [2.05, 4.69) is 0 Å². The van der Waals surface area contributed by atoms with Crippen molar-refractivity contribution in [3.63, 3.8) is 0 Å². The zero-order valence-corrected chi connectivity index (χ0v) is 11.7. The number of aryl methyl sites for hydroxylation is 1. The largest absolute Gasteiger partial charge is 0.673 e. The molecule has 0 aromatic heterocycles. The average molecular weight is 387 g/mol. The first-order valence-corrected chi connectivity index (χ1v) is 5.51. The third-order valence-corrected chi connectivity index (χ3v) is 1.22. The van der Waals surface area contributed by atoms with E-state index >= 15 is 0 Å². The van der Waals surface area contributed by atoms with Crippen LogP contribution in [0.3, 0.4) is 0 Å². The zero-order chi connectivity index (χ0) is 19.5. The molecular weight excluding hydrogens is 380 g/mol. The normalized spacial score (nSPS) is 11.0. The Kier molecular flexibility index (Phi) is 13.3. The van der Waals surface area contributed by atoms with Crippen LogP contribution >= 0.6 is 11.6 Å². The predicted molar refractivity (Wildman–Crippen MR) is 66.7 cm³/mol. The minimum atomic E-state index is -6.00. The summed E-state index contributed by atoms with van der Waals surface area (Å²) in [5.41, 5.74) is 1.21. The van der Waals surface area contributed by atoms with Gasteiger partial charge >= 0.3 is 21.8 Å². The van der Waals surface area contributed by atoms with Gasteiger partial charge in [-0.15, -0.1) is 0 Å². The zero-order valence-electron chi connectivity index (χ0n) is 11.0. The molecule has 0 bridgehead atoms. The fourth-order valence-electron chi connectivity index (χ4n) is 0.606. The quantitative estimate of drug-likeness (QED) is 0.350. The highest BCUT2D eigenvalue weighted by atomic mass is 35.5. The Bertz CT molecular complexity index is 351. The van der Waals surface area contributed by atoms with Gasteiger partial charge in [0.1, 0.15) is 0 Å². The second-order valence-electron chi connectivity index (χ2n) is 3.28. The van der Waals surface area contributed by atoms with Gasteiger partial charge in [0, 0.05) is 5.02 Å². The van der Waals surface area contributed by atoms with E-state index in [0.29, 0.717) is 0 Å². The molecule has 1 aromatic carbocycles. The molecule has 1 aromatic rings. The SMILES string of the molecule is Cc1cccc(Cl)c1.F[B-](F)(F)F.F[B-](F)(F)F.F[B-](F)(F)F. The Morgan fingerprint density at radius 3 is 1.04 bits per heavy atom. The molecule has 23 heavy (non-hydrogen) atoms. The predicted octanol–water partition coefficient (Wildman–Crippen LogP) is 6.55. The molecule has 0 aliphatic heterocycles. The molecule has 0 saturated carbocycles. The summed E-state index contributed by atoms with van der Waals surface area (Å²) in [6, 6.07) is 7.76. The van der Waals surface area contributed by atoms with Crippen LogP contribution in [-0.2, 0) is 0 Å². The smallest absolute Gasteiger partial charge is 0.418 e. The highest BCUT2D eigenvalue weighted by Crippen LogP contribution is 2.09. The maximum Gasteiger partial charge on any atom is 0.673 e. The lowest BCUT2D eigenvalue weighted by Gasteiger charge is -1.94. The summed E-state index contributed by atoms with van der Waals surface area (Å²) in [7, 11) is -18.0. The highest BCUT2D eigenvalue weighted by Gasteiger charge is 2.21. The van der Waals surface area contributed by atoms with Gasteiger partial charge in [-0.2, -0.15) is 0 Å². The third kappa shape index (κ3) is 94.5. The van der Waals surface area contributed by atoms with Crippen molar-refractivity contribution in [3.05, 3.63) is 34.9 Å². The van der Waals surface area contributed by atoms with E-state index in [1.165, 1.54) is 5.56 Å². The van der Waals surface area contributed by atoms with Crippen molar-refractivity contribution < 1.29 is 51.8 Å². The fourth-order valence-corrected chi connectivity index (χ4v) is 0.850. The molecule has 1 rings (SSSR count). The van der Waals surface area contributed by atoms with Crippen LogP contribution in [-0.4, -0.2) is 21.8 Å². The van der Waals surface area contributed by atoms with Crippen LogP contribution in [0.1, 0.15) is 5.56 Å². The summed E-state index contributed by atoms with van der Waals surface area (Å²) in [4.78, 5) is 0. The number of hydrogen-bond donors (Lipinski definition) is 0. The van der Waals surface area contributed by atoms with E-state index in [1.54, 1.807) is 0 Å². The van der Waals surface area contributed by atoms with Gasteiger partial charge in [0.25, 0.3) is 0 Å². The maximum atomic E-state index is 9.75. The van der Waals surface area contributed by atoms with Gasteiger partial charge in [-0.1, -0.05) is 23.7 Å². The van der Waals surface area contributed by atoms with Crippen molar-refractivity contribution in [2.75, 3.05) is 0 Å². The molecular formula is C7H7B3ClF12-3. The Morgan fingerprint density at radius 1 is 0.652 bits per heavy atom. The van der Waals surface area contributed by atoms with Crippen LogP contribution in [0.2, 0.25) is 5.02 Å². The van der Waals surface area contributed by atoms with Crippen molar-refractivity contribution in [1.29, 1.82) is 0 Å². The third-order valence-electron chi connectivity index (χ3n) is 0.980. The first-order valence-electron chi connectivity index (χ1n) is 5.13. The van der Waals surface area contributed by atoms with Crippen LogP contribution in [0.5, 0.6) is 0 Å². The standard InChI is InChI=1S/C7H7Cl.3BF4/c1-6-3-2-4-7(8)5-6;3*2-1(3,4)5/h2-5H,1H3;;;/q;3*-1. The van der Waals surface area contributed by atoms with Crippen molar-refractivity contribution in [1.82, 2.24) is 0 Å². The Balaban J connectivity index is -0.000000240. The molecule has 0 aliphatic carbocycles. The fraction of sp³-hybridized carbons (Fsp3) is 0.143. The molecule has 0 spiro atoms. The lowest BCUT2D eigenvalue weighted by atomic mass is 10.2. The average Bonchev–Trinajstić information content (AvgIpc) is 2.07. The molecule has 0 saturated heterocycles. The van der Waals surface area contributed by atoms with Gasteiger partial charge in [-0.05, 0) is 24.6 Å². The van der Waals surface area contributed by atoms with Crippen molar-refractivity contribution >= 4 is 33.4 Å². The van der Waals surface area contributed by atoms with E-state index in [0.717, 1.165) is 5.02 Å². The Hall–Kier alpha value is -1.14. The van der Waals surface area contributed by atoms with Gasteiger partial charge in [-0.3, -0.25) is 0 Å². The van der Waals surface area contributed by atoms with Gasteiger partial charge < -0.3 is 51.8 Å². The van der Waals surface area contributed by atoms with E-state index in [1.807, 2.05) is 31.2 Å². The molecule has 0 heterocycles. The van der Waals surface area contributed by atoms with Crippen molar-refractivity contribution in [3.8, 4) is 0 Å². The van der Waals surface area contributed by atoms with Crippen molar-refractivity contribution in [2.24, 2.45) is 0 Å².